The molecule has 1 saturated heterocycles. The molecule has 2 aliphatic carbocycles. The molecule has 4 unspecified atom stereocenters. The van der Waals surface area contributed by atoms with Crippen LogP contribution in [0.3, 0.4) is 0 Å². The van der Waals surface area contributed by atoms with E-state index in [1.165, 1.54) is 36.3 Å². The number of fused-ring (bicyclic) bond motifs is 9. The number of carbonyl (C=O) groups is 3. The Labute approximate surface area is 288 Å². The zero-order valence-electron chi connectivity index (χ0n) is 26.3. The molecule has 4 aliphatic rings. The summed E-state index contributed by atoms with van der Waals surface area (Å²) in [6.45, 7) is 1.71. The number of amides is 3. The number of non-ortho nitro benzene ring substituents is 1. The number of nitrogens with one attached hydrogen (secondary N) is 2. The number of rotatable bonds is 8. The van der Waals surface area contributed by atoms with Gasteiger partial charge < -0.3 is 19.8 Å². The molecule has 3 heterocycles. The highest BCUT2D eigenvalue weighted by Crippen LogP contribution is 2.68. The molecular formula is C35H30N4O8S2. The summed E-state index contributed by atoms with van der Waals surface area (Å²) in [6.07, 6.45) is 0.716. The van der Waals surface area contributed by atoms with E-state index >= 15 is 0 Å². The summed E-state index contributed by atoms with van der Waals surface area (Å²) in [7, 11) is 1.52. The van der Waals surface area contributed by atoms with Crippen molar-refractivity contribution in [1.29, 1.82) is 0 Å². The maximum atomic E-state index is 14.0. The van der Waals surface area contributed by atoms with E-state index in [4.69, 9.17) is 9.47 Å². The lowest BCUT2D eigenvalue weighted by Gasteiger charge is -2.43. The van der Waals surface area contributed by atoms with Crippen LogP contribution in [0.1, 0.15) is 28.3 Å². The first-order chi connectivity index (χ1) is 23.6. The minimum absolute atomic E-state index is 0.0187. The number of benzene rings is 3. The zero-order valence-corrected chi connectivity index (χ0v) is 27.9. The maximum absolute atomic E-state index is 14.0. The van der Waals surface area contributed by atoms with E-state index < -0.39 is 16.8 Å². The van der Waals surface area contributed by atoms with Gasteiger partial charge in [-0.25, -0.2) is 0 Å². The highest BCUT2D eigenvalue weighted by Gasteiger charge is 2.69. The second-order valence-corrected chi connectivity index (χ2v) is 15.1. The third-order valence-corrected chi connectivity index (χ3v) is 12.8. The fourth-order valence-electron chi connectivity index (χ4n) is 8.43. The Morgan fingerprint density at radius 1 is 1.02 bits per heavy atom. The van der Waals surface area contributed by atoms with Crippen molar-refractivity contribution in [2.45, 2.75) is 29.5 Å². The van der Waals surface area contributed by atoms with E-state index in [-0.39, 0.29) is 63.8 Å². The fourth-order valence-corrected chi connectivity index (χ4v) is 11.3. The summed E-state index contributed by atoms with van der Waals surface area (Å²) in [5, 5.41) is 14.8. The Morgan fingerprint density at radius 2 is 1.78 bits per heavy atom. The predicted octanol–water partition coefficient (Wildman–Crippen LogP) is 5.36. The van der Waals surface area contributed by atoms with E-state index in [9.17, 15) is 29.3 Å². The summed E-state index contributed by atoms with van der Waals surface area (Å²) >= 11 is 2.74. The van der Waals surface area contributed by atoms with Gasteiger partial charge in [0, 0.05) is 33.9 Å². The lowest BCUT2D eigenvalue weighted by Crippen LogP contribution is -2.42. The molecule has 0 radical (unpaired) electrons. The van der Waals surface area contributed by atoms with Crippen LogP contribution in [-0.4, -0.2) is 46.6 Å². The first kappa shape index (κ1) is 31.3. The molecule has 1 aromatic heterocycles. The summed E-state index contributed by atoms with van der Waals surface area (Å²) in [5.41, 5.74) is 2.79. The van der Waals surface area contributed by atoms with Crippen molar-refractivity contribution in [2.24, 2.45) is 29.6 Å². The molecule has 12 nitrogen and oxygen atoms in total. The van der Waals surface area contributed by atoms with Crippen LogP contribution < -0.4 is 24.6 Å². The number of hydrogen-bond acceptors (Lipinski definition) is 10. The van der Waals surface area contributed by atoms with E-state index in [0.717, 1.165) is 32.4 Å². The van der Waals surface area contributed by atoms with Crippen LogP contribution in [0.25, 0.3) is 0 Å². The number of thioether (sulfide) groups is 1. The number of methoxy groups -OCH3 is 1. The molecule has 2 aliphatic heterocycles. The van der Waals surface area contributed by atoms with Gasteiger partial charge in [0.2, 0.25) is 11.8 Å². The van der Waals surface area contributed by atoms with Gasteiger partial charge >= 0.3 is 4.87 Å². The van der Waals surface area contributed by atoms with Crippen molar-refractivity contribution in [3.63, 3.8) is 0 Å². The van der Waals surface area contributed by atoms with E-state index in [0.29, 0.717) is 29.3 Å². The number of anilines is 2. The maximum Gasteiger partial charge on any atom is 0.305 e. The Hall–Kier alpha value is -4.95. The lowest BCUT2D eigenvalue weighted by molar-refractivity contribution is -0.384. The van der Waals surface area contributed by atoms with Crippen LogP contribution in [0.4, 0.5) is 17.1 Å². The van der Waals surface area contributed by atoms with Crippen LogP contribution in [0.15, 0.2) is 76.6 Å². The Bertz CT molecular complexity index is 2100. The number of nitro benzene ring substituents is 1. The zero-order chi connectivity index (χ0) is 34.1. The summed E-state index contributed by atoms with van der Waals surface area (Å²) in [4.78, 5) is 68.8. The molecule has 2 saturated carbocycles. The number of nitro groups is 1. The highest BCUT2D eigenvalue weighted by atomic mass is 32.2. The van der Waals surface area contributed by atoms with Crippen molar-refractivity contribution >= 4 is 57.9 Å². The van der Waals surface area contributed by atoms with Gasteiger partial charge in [0.1, 0.15) is 0 Å². The van der Waals surface area contributed by atoms with Crippen LogP contribution in [0.5, 0.6) is 11.5 Å². The van der Waals surface area contributed by atoms with Gasteiger partial charge in [0.25, 0.3) is 11.6 Å². The van der Waals surface area contributed by atoms with Crippen molar-refractivity contribution in [1.82, 2.24) is 4.98 Å². The monoisotopic (exact) mass is 698 g/mol. The first-order valence-electron chi connectivity index (χ1n) is 15.8. The first-order valence-corrected chi connectivity index (χ1v) is 17.5. The van der Waals surface area contributed by atoms with E-state index in [1.54, 1.807) is 23.9 Å². The number of thiazole rings is 1. The van der Waals surface area contributed by atoms with E-state index in [1.807, 2.05) is 37.3 Å². The Kier molecular flexibility index (Phi) is 7.59. The fraction of sp³-hybridized carbons (Fsp3) is 0.314. The SMILES string of the molecule is COc1cc([C@H]2c3sc(=O)[nH]c3SC3C2[C@H]2C[C@@H]3C3C(=O)N(c4ccc([N+](=O)[O-])cc4)C(=O)C32)ccc1OCC(=O)Nc1cccc(C)c1. The number of carbonyl (C=O) groups excluding carboxylic acids is 3. The smallest absolute Gasteiger partial charge is 0.305 e. The second kappa shape index (κ2) is 11.9. The predicted molar refractivity (Wildman–Crippen MR) is 182 cm³/mol. The molecule has 14 heteroatoms. The number of imide groups is 1. The quantitative estimate of drug-likeness (QED) is 0.140. The van der Waals surface area contributed by atoms with Gasteiger partial charge in [-0.3, -0.25) is 34.2 Å². The summed E-state index contributed by atoms with van der Waals surface area (Å²) in [5.74, 6) is -1.56. The summed E-state index contributed by atoms with van der Waals surface area (Å²) < 4.78 is 11.6. The molecule has 250 valence electrons. The molecule has 3 amide bonds. The van der Waals surface area contributed by atoms with Crippen LogP contribution >= 0.6 is 23.1 Å². The molecular weight excluding hydrogens is 669 g/mol. The van der Waals surface area contributed by atoms with Gasteiger partial charge in [0.05, 0.1) is 34.6 Å². The molecule has 0 spiro atoms. The van der Waals surface area contributed by atoms with Crippen molar-refractivity contribution in [3.8, 4) is 11.5 Å². The van der Waals surface area contributed by atoms with Crippen molar-refractivity contribution in [3.05, 3.63) is 103 Å². The van der Waals surface area contributed by atoms with Crippen molar-refractivity contribution in [2.75, 3.05) is 23.9 Å². The normalized spacial score (nSPS) is 26.2. The third-order valence-electron chi connectivity index (χ3n) is 10.3. The number of aryl methyl sites for hydroxylation is 1. The molecule has 49 heavy (non-hydrogen) atoms. The topological polar surface area (TPSA) is 161 Å². The number of aromatic amines is 1. The van der Waals surface area contributed by atoms with Crippen LogP contribution in [-0.2, 0) is 14.4 Å². The number of H-pyrrole nitrogens is 1. The third kappa shape index (κ3) is 5.12. The number of nitrogens with zero attached hydrogens (tertiary/aromatic N) is 2. The molecule has 3 fully saturated rings. The highest BCUT2D eigenvalue weighted by molar-refractivity contribution is 8.00. The Balaban J connectivity index is 1.08. The summed E-state index contributed by atoms with van der Waals surface area (Å²) in [6, 6.07) is 18.5. The van der Waals surface area contributed by atoms with Gasteiger partial charge in [-0.15, -0.1) is 11.8 Å². The standard InChI is InChI=1S/C35H30N4O8S2/c1-16-4-3-5-18(12-16)36-25(40)15-47-23-11-6-17(13-24(23)46-2)26-27-21-14-22(30(27)48-32-31(26)49-35(43)37-32)29-28(21)33(41)38(34(29)42)19-7-9-20(10-8-19)39(44)45/h3-13,21-22,26-30H,14-15H2,1-2H3,(H,36,40)(H,37,43)/t21-,22-,26-,27?,28?,29?,30?/m1/s1. The minimum Gasteiger partial charge on any atom is -0.493 e. The average Bonchev–Trinajstić information content (AvgIpc) is 3.82. The number of aromatic nitrogens is 1. The minimum atomic E-state index is -0.523. The van der Waals surface area contributed by atoms with Crippen LogP contribution in [0.2, 0.25) is 0 Å². The van der Waals surface area contributed by atoms with Crippen molar-refractivity contribution < 1.29 is 28.8 Å². The number of hydrogen-bond donors (Lipinski definition) is 2. The Morgan fingerprint density at radius 3 is 2.49 bits per heavy atom. The molecule has 8 rings (SSSR count). The van der Waals surface area contributed by atoms with Gasteiger partial charge in [0.15, 0.2) is 18.1 Å². The molecule has 2 bridgehead atoms. The van der Waals surface area contributed by atoms with Gasteiger partial charge in [-0.2, -0.15) is 0 Å². The molecule has 7 atom stereocenters. The lowest BCUT2D eigenvalue weighted by atomic mass is 9.68. The average molecular weight is 699 g/mol. The second-order valence-electron chi connectivity index (χ2n) is 12.9. The van der Waals surface area contributed by atoms with Crippen LogP contribution in [0, 0.1) is 46.6 Å². The number of ether oxygens (including phenoxy) is 2. The largest absolute Gasteiger partial charge is 0.493 e. The van der Waals surface area contributed by atoms with E-state index in [2.05, 4.69) is 10.3 Å². The molecule has 2 N–H and O–H groups in total. The molecule has 3 aromatic carbocycles. The van der Waals surface area contributed by atoms with Gasteiger partial charge in [-0.1, -0.05) is 29.5 Å². The van der Waals surface area contributed by atoms with Gasteiger partial charge in [-0.05, 0) is 78.6 Å². The molecule has 4 aromatic rings.